The number of carbonyl (C=O) groups is 1. The first kappa shape index (κ1) is 19.1. The Bertz CT molecular complexity index is 883. The predicted molar refractivity (Wildman–Crippen MR) is 101 cm³/mol. The number of hydrogen-bond donors (Lipinski definition) is 0. The first-order valence-electron chi connectivity index (χ1n) is 9.82. The SMILES string of the molecule is COCCn1nc(C(=O)N2CC(n3nc(C)nc3C)C2)c2c1[C@H](C)O[C@H](C)C2. The van der Waals surface area contributed by atoms with Crippen LogP contribution in [0.2, 0.25) is 0 Å². The van der Waals surface area contributed by atoms with Crippen molar-refractivity contribution in [2.75, 3.05) is 26.8 Å². The Kier molecular flexibility index (Phi) is 4.96. The molecule has 2 aromatic rings. The zero-order valence-electron chi connectivity index (χ0n) is 17.2. The van der Waals surface area contributed by atoms with Gasteiger partial charge in [-0.2, -0.15) is 10.2 Å². The molecule has 4 rings (SSSR count). The van der Waals surface area contributed by atoms with Gasteiger partial charge in [0, 0.05) is 32.2 Å². The zero-order chi connectivity index (χ0) is 20.0. The number of carbonyl (C=O) groups excluding carboxylic acids is 1. The average Bonchev–Trinajstić information content (AvgIpc) is 3.11. The third-order valence-corrected chi connectivity index (χ3v) is 5.52. The molecule has 0 unspecified atom stereocenters. The second-order valence-corrected chi connectivity index (χ2v) is 7.74. The standard InChI is InChI=1S/C19H28N6O3/c1-11-8-16-17(22-24(6-7-27-5)18(16)12(2)28-11)19(26)23-9-15(10-23)25-14(4)20-13(3)21-25/h11-12,15H,6-10H2,1-5H3/t11-,12+/m1/s1. The van der Waals surface area contributed by atoms with Crippen molar-refractivity contribution in [1.82, 2.24) is 29.4 Å². The topological polar surface area (TPSA) is 87.3 Å². The smallest absolute Gasteiger partial charge is 0.274 e. The number of amides is 1. The Labute approximate surface area is 164 Å². The van der Waals surface area contributed by atoms with E-state index in [1.807, 2.05) is 42.0 Å². The molecule has 9 heteroatoms. The summed E-state index contributed by atoms with van der Waals surface area (Å²) in [5, 5.41) is 9.11. The summed E-state index contributed by atoms with van der Waals surface area (Å²) < 4.78 is 15.0. The maximum absolute atomic E-state index is 13.2. The minimum atomic E-state index is -0.0884. The van der Waals surface area contributed by atoms with Gasteiger partial charge < -0.3 is 14.4 Å². The number of aryl methyl sites for hydroxylation is 2. The van der Waals surface area contributed by atoms with Gasteiger partial charge in [0.1, 0.15) is 11.6 Å². The minimum Gasteiger partial charge on any atom is -0.383 e. The molecule has 0 saturated carbocycles. The summed E-state index contributed by atoms with van der Waals surface area (Å²) >= 11 is 0. The fraction of sp³-hybridized carbons (Fsp3) is 0.684. The highest BCUT2D eigenvalue weighted by atomic mass is 16.5. The van der Waals surface area contributed by atoms with Crippen molar-refractivity contribution in [3.63, 3.8) is 0 Å². The molecule has 4 heterocycles. The van der Waals surface area contributed by atoms with Gasteiger partial charge in [-0.05, 0) is 27.7 Å². The van der Waals surface area contributed by atoms with Crippen LogP contribution in [-0.4, -0.2) is 68.3 Å². The first-order chi connectivity index (χ1) is 13.4. The molecule has 0 spiro atoms. The van der Waals surface area contributed by atoms with Gasteiger partial charge in [-0.1, -0.05) is 0 Å². The molecular formula is C19H28N6O3. The van der Waals surface area contributed by atoms with Crippen LogP contribution < -0.4 is 0 Å². The normalized spacial score (nSPS) is 22.2. The summed E-state index contributed by atoms with van der Waals surface area (Å²) in [5.74, 6) is 1.63. The molecular weight excluding hydrogens is 360 g/mol. The Morgan fingerprint density at radius 1 is 1.25 bits per heavy atom. The van der Waals surface area contributed by atoms with Crippen LogP contribution in [0.15, 0.2) is 0 Å². The van der Waals surface area contributed by atoms with Gasteiger partial charge in [0.05, 0.1) is 37.1 Å². The number of aromatic nitrogens is 5. The molecule has 2 aliphatic rings. The number of methoxy groups -OCH3 is 1. The molecule has 9 nitrogen and oxygen atoms in total. The predicted octanol–water partition coefficient (Wildman–Crippen LogP) is 1.46. The van der Waals surface area contributed by atoms with E-state index in [0.717, 1.165) is 22.9 Å². The van der Waals surface area contributed by atoms with Crippen LogP contribution in [0.1, 0.15) is 59.4 Å². The van der Waals surface area contributed by atoms with Crippen LogP contribution in [0.3, 0.4) is 0 Å². The van der Waals surface area contributed by atoms with Crippen LogP contribution in [-0.2, 0) is 22.4 Å². The number of fused-ring (bicyclic) bond motifs is 1. The number of ether oxygens (including phenoxy) is 2. The summed E-state index contributed by atoms with van der Waals surface area (Å²) in [7, 11) is 1.66. The van der Waals surface area contributed by atoms with Crippen molar-refractivity contribution in [3.8, 4) is 0 Å². The Balaban J connectivity index is 1.56. The van der Waals surface area contributed by atoms with Gasteiger partial charge in [0.15, 0.2) is 5.69 Å². The van der Waals surface area contributed by atoms with Gasteiger partial charge in [-0.15, -0.1) is 0 Å². The van der Waals surface area contributed by atoms with Crippen LogP contribution in [0.4, 0.5) is 0 Å². The summed E-state index contributed by atoms with van der Waals surface area (Å²) in [4.78, 5) is 19.4. The van der Waals surface area contributed by atoms with Crippen molar-refractivity contribution in [1.29, 1.82) is 0 Å². The quantitative estimate of drug-likeness (QED) is 0.771. The number of rotatable bonds is 5. The molecule has 0 aliphatic carbocycles. The Morgan fingerprint density at radius 3 is 2.64 bits per heavy atom. The summed E-state index contributed by atoms with van der Waals surface area (Å²) in [6, 6.07) is 0.178. The van der Waals surface area contributed by atoms with Crippen LogP contribution in [0.5, 0.6) is 0 Å². The van der Waals surface area contributed by atoms with E-state index in [-0.39, 0.29) is 24.2 Å². The molecule has 1 saturated heterocycles. The lowest BCUT2D eigenvalue weighted by molar-refractivity contribution is -0.0102. The number of hydrogen-bond acceptors (Lipinski definition) is 6. The second kappa shape index (κ2) is 7.29. The maximum Gasteiger partial charge on any atom is 0.274 e. The lowest BCUT2D eigenvalue weighted by Gasteiger charge is -2.39. The summed E-state index contributed by atoms with van der Waals surface area (Å²) in [5.41, 5.74) is 2.57. The van der Waals surface area contributed by atoms with Crippen molar-refractivity contribution in [2.24, 2.45) is 0 Å². The summed E-state index contributed by atoms with van der Waals surface area (Å²) in [6.07, 6.45) is 0.681. The van der Waals surface area contributed by atoms with Gasteiger partial charge in [-0.25, -0.2) is 9.67 Å². The van der Waals surface area contributed by atoms with Crippen LogP contribution in [0.25, 0.3) is 0 Å². The monoisotopic (exact) mass is 388 g/mol. The molecule has 2 aliphatic heterocycles. The highest BCUT2D eigenvalue weighted by Gasteiger charge is 2.39. The molecule has 28 heavy (non-hydrogen) atoms. The van der Waals surface area contributed by atoms with Crippen molar-refractivity contribution in [3.05, 3.63) is 28.6 Å². The van der Waals surface area contributed by atoms with E-state index in [1.165, 1.54) is 0 Å². The van der Waals surface area contributed by atoms with Crippen LogP contribution in [0, 0.1) is 13.8 Å². The molecule has 1 fully saturated rings. The maximum atomic E-state index is 13.2. The molecule has 0 bridgehead atoms. The zero-order valence-corrected chi connectivity index (χ0v) is 17.2. The third-order valence-electron chi connectivity index (χ3n) is 5.52. The first-order valence-corrected chi connectivity index (χ1v) is 9.82. The van der Waals surface area contributed by atoms with Gasteiger partial charge in [0.2, 0.25) is 0 Å². The fourth-order valence-electron chi connectivity index (χ4n) is 4.24. The number of likely N-dealkylation sites (tertiary alicyclic amines) is 1. The number of nitrogens with zero attached hydrogens (tertiary/aromatic N) is 6. The molecule has 0 radical (unpaired) electrons. The Hall–Kier alpha value is -2.26. The molecule has 152 valence electrons. The van der Waals surface area contributed by atoms with E-state index in [4.69, 9.17) is 9.47 Å². The van der Waals surface area contributed by atoms with Crippen molar-refractivity contribution < 1.29 is 14.3 Å². The van der Waals surface area contributed by atoms with E-state index in [0.29, 0.717) is 38.4 Å². The Morgan fingerprint density at radius 2 is 2.00 bits per heavy atom. The molecule has 0 N–H and O–H groups in total. The van der Waals surface area contributed by atoms with Gasteiger partial charge in [0.25, 0.3) is 5.91 Å². The van der Waals surface area contributed by atoms with E-state index in [9.17, 15) is 4.79 Å². The van der Waals surface area contributed by atoms with E-state index in [1.54, 1.807) is 7.11 Å². The van der Waals surface area contributed by atoms with E-state index >= 15 is 0 Å². The van der Waals surface area contributed by atoms with Crippen LogP contribution >= 0.6 is 0 Å². The van der Waals surface area contributed by atoms with Crippen molar-refractivity contribution in [2.45, 2.75) is 58.9 Å². The highest BCUT2D eigenvalue weighted by molar-refractivity contribution is 5.94. The minimum absolute atomic E-state index is 0.0144. The molecule has 2 aromatic heterocycles. The summed E-state index contributed by atoms with van der Waals surface area (Å²) in [6.45, 7) is 10.3. The third kappa shape index (κ3) is 3.22. The lowest BCUT2D eigenvalue weighted by atomic mass is 9.98. The molecule has 2 atom stereocenters. The second-order valence-electron chi connectivity index (χ2n) is 7.74. The van der Waals surface area contributed by atoms with E-state index < -0.39 is 0 Å². The highest BCUT2D eigenvalue weighted by Crippen LogP contribution is 2.34. The van der Waals surface area contributed by atoms with Gasteiger partial charge in [-0.3, -0.25) is 9.48 Å². The fourth-order valence-corrected chi connectivity index (χ4v) is 4.24. The van der Waals surface area contributed by atoms with Gasteiger partial charge >= 0.3 is 0 Å². The average molecular weight is 388 g/mol. The largest absolute Gasteiger partial charge is 0.383 e. The molecule has 1 amide bonds. The molecule has 0 aromatic carbocycles. The van der Waals surface area contributed by atoms with E-state index in [2.05, 4.69) is 15.2 Å². The lowest BCUT2D eigenvalue weighted by Crippen LogP contribution is -2.51. The van der Waals surface area contributed by atoms with Crippen molar-refractivity contribution >= 4 is 5.91 Å².